The third kappa shape index (κ3) is 4.04. The van der Waals surface area contributed by atoms with Gasteiger partial charge >= 0.3 is 0 Å². The highest BCUT2D eigenvalue weighted by molar-refractivity contribution is 6.30. The second-order valence-electron chi connectivity index (χ2n) is 6.69. The number of benzene rings is 1. The fraction of sp³-hybridized carbons (Fsp3) is 0.238. The van der Waals surface area contributed by atoms with E-state index in [0.29, 0.717) is 18.1 Å². The molecule has 1 aliphatic heterocycles. The van der Waals surface area contributed by atoms with Crippen LogP contribution in [0.2, 0.25) is 5.02 Å². The zero-order valence-electron chi connectivity index (χ0n) is 14.9. The Morgan fingerprint density at radius 3 is 2.81 bits per heavy atom. The molecule has 1 atom stereocenters. The van der Waals surface area contributed by atoms with E-state index in [9.17, 15) is 4.79 Å². The number of pyridine rings is 1. The Kier molecular flexibility index (Phi) is 5.23. The topological polar surface area (TPSA) is 50.2 Å². The van der Waals surface area contributed by atoms with Gasteiger partial charge in [0.05, 0.1) is 12.6 Å². The van der Waals surface area contributed by atoms with Crippen molar-refractivity contribution in [2.24, 2.45) is 0 Å². The summed E-state index contributed by atoms with van der Waals surface area (Å²) >= 11 is 6.23. The molecule has 0 fully saturated rings. The summed E-state index contributed by atoms with van der Waals surface area (Å²) in [4.78, 5) is 18.8. The number of fused-ring (bicyclic) bond motifs is 1. The fourth-order valence-electron chi connectivity index (χ4n) is 3.60. The zero-order chi connectivity index (χ0) is 18.6. The molecule has 3 aromatic rings. The van der Waals surface area contributed by atoms with Gasteiger partial charge in [-0.05, 0) is 47.5 Å². The normalized spacial score (nSPS) is 16.7. The average Bonchev–Trinajstić information content (AvgIpc) is 3.16. The Balaban J connectivity index is 1.51. The monoisotopic (exact) mass is 380 g/mol. The number of nitrogens with zero attached hydrogens (tertiary/aromatic N) is 3. The van der Waals surface area contributed by atoms with Crippen LogP contribution >= 0.6 is 11.6 Å². The molecule has 1 unspecified atom stereocenters. The SMILES string of the molecule is O=C(CN1CCn2cccc2C1c1cccc(Cl)c1)NCc1ccncc1. The van der Waals surface area contributed by atoms with E-state index in [0.717, 1.165) is 24.2 Å². The van der Waals surface area contributed by atoms with Crippen LogP contribution in [-0.4, -0.2) is 33.4 Å². The van der Waals surface area contributed by atoms with E-state index < -0.39 is 0 Å². The second kappa shape index (κ2) is 7.94. The minimum Gasteiger partial charge on any atom is -0.351 e. The van der Waals surface area contributed by atoms with Crippen molar-refractivity contribution in [3.05, 3.63) is 89.0 Å². The van der Waals surface area contributed by atoms with Crippen molar-refractivity contribution in [2.75, 3.05) is 13.1 Å². The molecular weight excluding hydrogens is 360 g/mol. The first-order valence-corrected chi connectivity index (χ1v) is 9.38. The average molecular weight is 381 g/mol. The van der Waals surface area contributed by atoms with Crippen molar-refractivity contribution < 1.29 is 4.79 Å². The Morgan fingerprint density at radius 1 is 1.15 bits per heavy atom. The van der Waals surface area contributed by atoms with Crippen LogP contribution in [0, 0.1) is 0 Å². The number of rotatable bonds is 5. The Hall–Kier alpha value is -2.63. The predicted molar refractivity (Wildman–Crippen MR) is 105 cm³/mol. The lowest BCUT2D eigenvalue weighted by molar-refractivity contribution is -0.123. The summed E-state index contributed by atoms with van der Waals surface area (Å²) in [5.41, 5.74) is 3.33. The lowest BCUT2D eigenvalue weighted by atomic mass is 10.00. The van der Waals surface area contributed by atoms with Crippen LogP contribution in [0.25, 0.3) is 0 Å². The summed E-state index contributed by atoms with van der Waals surface area (Å²) < 4.78 is 2.25. The number of halogens is 1. The van der Waals surface area contributed by atoms with E-state index in [1.165, 1.54) is 5.69 Å². The van der Waals surface area contributed by atoms with Gasteiger partial charge in [-0.25, -0.2) is 0 Å². The fourth-order valence-corrected chi connectivity index (χ4v) is 3.80. The van der Waals surface area contributed by atoms with Crippen molar-refractivity contribution in [3.8, 4) is 0 Å². The Bertz CT molecular complexity index is 925. The molecule has 0 radical (unpaired) electrons. The van der Waals surface area contributed by atoms with Crippen LogP contribution in [0.3, 0.4) is 0 Å². The molecule has 0 bridgehead atoms. The van der Waals surface area contributed by atoms with Gasteiger partial charge in [-0.3, -0.25) is 14.7 Å². The summed E-state index contributed by atoms with van der Waals surface area (Å²) in [6.07, 6.45) is 5.55. The predicted octanol–water partition coefficient (Wildman–Crippen LogP) is 3.26. The number of carbonyl (C=O) groups excluding carboxylic acids is 1. The summed E-state index contributed by atoms with van der Waals surface area (Å²) in [7, 11) is 0. The Labute approximate surface area is 163 Å². The van der Waals surface area contributed by atoms with Crippen LogP contribution in [0.1, 0.15) is 22.9 Å². The molecule has 27 heavy (non-hydrogen) atoms. The maximum atomic E-state index is 12.6. The van der Waals surface area contributed by atoms with Gasteiger partial charge in [0.15, 0.2) is 0 Å². The van der Waals surface area contributed by atoms with Crippen molar-refractivity contribution in [1.29, 1.82) is 0 Å². The molecule has 6 heteroatoms. The first-order valence-electron chi connectivity index (χ1n) is 9.01. The molecule has 1 amide bonds. The minimum absolute atomic E-state index is 0.0128. The molecule has 1 aromatic carbocycles. The molecule has 3 heterocycles. The highest BCUT2D eigenvalue weighted by atomic mass is 35.5. The molecule has 5 nitrogen and oxygen atoms in total. The first-order chi connectivity index (χ1) is 13.2. The molecule has 0 aliphatic carbocycles. The minimum atomic E-state index is 0.0128. The van der Waals surface area contributed by atoms with E-state index >= 15 is 0 Å². The summed E-state index contributed by atoms with van der Waals surface area (Å²) in [5, 5.41) is 3.71. The van der Waals surface area contributed by atoms with Crippen LogP contribution in [-0.2, 0) is 17.9 Å². The second-order valence-corrected chi connectivity index (χ2v) is 7.12. The van der Waals surface area contributed by atoms with E-state index in [1.54, 1.807) is 12.4 Å². The van der Waals surface area contributed by atoms with E-state index in [-0.39, 0.29) is 11.9 Å². The number of hydrogen-bond acceptors (Lipinski definition) is 3. The van der Waals surface area contributed by atoms with Gasteiger partial charge in [-0.15, -0.1) is 0 Å². The summed E-state index contributed by atoms with van der Waals surface area (Å²) in [6.45, 7) is 2.53. The summed E-state index contributed by atoms with van der Waals surface area (Å²) in [6, 6.07) is 15.9. The van der Waals surface area contributed by atoms with Crippen molar-refractivity contribution in [2.45, 2.75) is 19.1 Å². The van der Waals surface area contributed by atoms with Crippen LogP contribution in [0.4, 0.5) is 0 Å². The van der Waals surface area contributed by atoms with Gasteiger partial charge in [0, 0.05) is 48.9 Å². The van der Waals surface area contributed by atoms with E-state index in [4.69, 9.17) is 11.6 Å². The quantitative estimate of drug-likeness (QED) is 0.739. The maximum Gasteiger partial charge on any atom is 0.234 e. The molecule has 138 valence electrons. The van der Waals surface area contributed by atoms with Crippen LogP contribution in [0.5, 0.6) is 0 Å². The van der Waals surface area contributed by atoms with Gasteiger partial charge in [-0.1, -0.05) is 23.7 Å². The lowest BCUT2D eigenvalue weighted by Crippen LogP contribution is -2.44. The molecular formula is C21H21ClN4O. The molecule has 1 N–H and O–H groups in total. The highest BCUT2D eigenvalue weighted by Crippen LogP contribution is 2.33. The van der Waals surface area contributed by atoms with Crippen LogP contribution in [0.15, 0.2) is 67.1 Å². The standard InChI is InChI=1S/C21H21ClN4O/c22-18-4-1-3-17(13-18)21-19-5-2-10-25(19)11-12-26(21)15-20(27)24-14-16-6-8-23-9-7-16/h1-10,13,21H,11-12,14-15H2,(H,24,27). The van der Waals surface area contributed by atoms with E-state index in [1.807, 2.05) is 30.3 Å². The van der Waals surface area contributed by atoms with Gasteiger partial charge in [-0.2, -0.15) is 0 Å². The first kappa shape index (κ1) is 17.8. The number of hydrogen-bond donors (Lipinski definition) is 1. The number of aromatic nitrogens is 2. The maximum absolute atomic E-state index is 12.6. The number of carbonyl (C=O) groups is 1. The van der Waals surface area contributed by atoms with Gasteiger partial charge in [0.25, 0.3) is 0 Å². The van der Waals surface area contributed by atoms with Crippen molar-refractivity contribution >= 4 is 17.5 Å². The molecule has 1 aliphatic rings. The van der Waals surface area contributed by atoms with Gasteiger partial charge in [0.2, 0.25) is 5.91 Å². The van der Waals surface area contributed by atoms with E-state index in [2.05, 4.69) is 44.2 Å². The third-order valence-electron chi connectivity index (χ3n) is 4.89. The van der Waals surface area contributed by atoms with Crippen molar-refractivity contribution in [1.82, 2.24) is 19.8 Å². The van der Waals surface area contributed by atoms with Crippen molar-refractivity contribution in [3.63, 3.8) is 0 Å². The van der Waals surface area contributed by atoms with Crippen LogP contribution < -0.4 is 5.32 Å². The van der Waals surface area contributed by atoms with Gasteiger partial charge in [0.1, 0.15) is 0 Å². The molecule has 0 saturated heterocycles. The highest BCUT2D eigenvalue weighted by Gasteiger charge is 2.30. The number of amides is 1. The Morgan fingerprint density at radius 2 is 2.00 bits per heavy atom. The summed E-state index contributed by atoms with van der Waals surface area (Å²) in [5.74, 6) is 0.0128. The molecule has 2 aromatic heterocycles. The zero-order valence-corrected chi connectivity index (χ0v) is 15.6. The smallest absolute Gasteiger partial charge is 0.234 e. The molecule has 0 saturated carbocycles. The molecule has 4 rings (SSSR count). The third-order valence-corrected chi connectivity index (χ3v) is 5.12. The van der Waals surface area contributed by atoms with Gasteiger partial charge < -0.3 is 9.88 Å². The lowest BCUT2D eigenvalue weighted by Gasteiger charge is -2.37. The molecule has 0 spiro atoms. The largest absolute Gasteiger partial charge is 0.351 e. The number of nitrogens with one attached hydrogen (secondary N) is 1.